The maximum atomic E-state index is 5.82. The lowest BCUT2D eigenvalue weighted by molar-refractivity contribution is 0.425. The second kappa shape index (κ2) is 3.72. The highest BCUT2D eigenvalue weighted by molar-refractivity contribution is 6.30. The van der Waals surface area contributed by atoms with Crippen molar-refractivity contribution >= 4 is 11.6 Å². The van der Waals surface area contributed by atoms with Crippen LogP contribution in [0.15, 0.2) is 36.7 Å². The Bertz CT molecular complexity index is 439. The van der Waals surface area contributed by atoms with Gasteiger partial charge in [-0.25, -0.2) is 4.98 Å². The topological polar surface area (TPSA) is 27.1 Å². The zero-order chi connectivity index (χ0) is 9.97. The van der Waals surface area contributed by atoms with Crippen molar-refractivity contribution in [2.24, 2.45) is 7.05 Å². The largest absolute Gasteiger partial charge is 0.425 e. The Balaban J connectivity index is 2.23. The van der Waals surface area contributed by atoms with Crippen molar-refractivity contribution < 1.29 is 4.74 Å². The number of ether oxygens (including phenoxy) is 1. The molecular weight excluding hydrogens is 200 g/mol. The summed E-state index contributed by atoms with van der Waals surface area (Å²) in [5.74, 6) is 0.687. The molecule has 0 bridgehead atoms. The first-order valence-electron chi connectivity index (χ1n) is 4.16. The highest BCUT2D eigenvalue weighted by Crippen LogP contribution is 2.22. The smallest absolute Gasteiger partial charge is 0.301 e. The number of imidazole rings is 1. The van der Waals surface area contributed by atoms with Crippen molar-refractivity contribution in [1.29, 1.82) is 0 Å². The van der Waals surface area contributed by atoms with Crippen molar-refractivity contribution in [2.45, 2.75) is 0 Å². The Morgan fingerprint density at radius 3 is 2.93 bits per heavy atom. The Hall–Kier alpha value is -1.48. The predicted molar refractivity (Wildman–Crippen MR) is 54.7 cm³/mol. The zero-order valence-corrected chi connectivity index (χ0v) is 8.40. The first-order valence-corrected chi connectivity index (χ1v) is 4.54. The summed E-state index contributed by atoms with van der Waals surface area (Å²) >= 11 is 5.82. The lowest BCUT2D eigenvalue weighted by Crippen LogP contribution is -1.92. The molecule has 0 aliphatic heterocycles. The predicted octanol–water partition coefficient (Wildman–Crippen LogP) is 2.87. The van der Waals surface area contributed by atoms with E-state index in [-0.39, 0.29) is 0 Å². The maximum Gasteiger partial charge on any atom is 0.301 e. The lowest BCUT2D eigenvalue weighted by atomic mass is 10.3. The van der Waals surface area contributed by atoms with Gasteiger partial charge < -0.3 is 9.30 Å². The van der Waals surface area contributed by atoms with Gasteiger partial charge in [0.2, 0.25) is 0 Å². The highest BCUT2D eigenvalue weighted by atomic mass is 35.5. The summed E-state index contributed by atoms with van der Waals surface area (Å²) in [5, 5.41) is 0.650. The fraction of sp³-hybridized carbons (Fsp3) is 0.100. The number of aryl methyl sites for hydroxylation is 1. The first-order chi connectivity index (χ1) is 6.75. The zero-order valence-electron chi connectivity index (χ0n) is 7.64. The molecule has 0 amide bonds. The summed E-state index contributed by atoms with van der Waals surface area (Å²) in [7, 11) is 1.87. The van der Waals surface area contributed by atoms with Crippen LogP contribution in [0, 0.1) is 0 Å². The molecule has 14 heavy (non-hydrogen) atoms. The van der Waals surface area contributed by atoms with Gasteiger partial charge in [0.15, 0.2) is 0 Å². The number of hydrogen-bond acceptors (Lipinski definition) is 2. The van der Waals surface area contributed by atoms with Gasteiger partial charge in [-0.05, 0) is 18.2 Å². The number of aromatic nitrogens is 2. The van der Waals surface area contributed by atoms with E-state index in [0.717, 1.165) is 0 Å². The van der Waals surface area contributed by atoms with Crippen molar-refractivity contribution in [3.05, 3.63) is 41.7 Å². The van der Waals surface area contributed by atoms with Crippen LogP contribution in [-0.2, 0) is 7.05 Å². The van der Waals surface area contributed by atoms with Gasteiger partial charge in [-0.3, -0.25) is 0 Å². The minimum Gasteiger partial charge on any atom is -0.425 e. The van der Waals surface area contributed by atoms with E-state index in [1.807, 2.05) is 25.4 Å². The van der Waals surface area contributed by atoms with Crippen LogP contribution < -0.4 is 4.74 Å². The van der Waals surface area contributed by atoms with Crippen LogP contribution in [0.2, 0.25) is 5.02 Å². The third kappa shape index (κ3) is 1.88. The molecule has 0 radical (unpaired) electrons. The van der Waals surface area contributed by atoms with E-state index >= 15 is 0 Å². The molecule has 0 aliphatic carbocycles. The second-order valence-electron chi connectivity index (χ2n) is 2.88. The van der Waals surface area contributed by atoms with Crippen LogP contribution in [0.5, 0.6) is 11.8 Å². The van der Waals surface area contributed by atoms with Gasteiger partial charge in [-0.1, -0.05) is 17.7 Å². The van der Waals surface area contributed by atoms with Crippen molar-refractivity contribution in [3.63, 3.8) is 0 Å². The monoisotopic (exact) mass is 208 g/mol. The number of halogens is 1. The van der Waals surface area contributed by atoms with E-state index in [9.17, 15) is 0 Å². The third-order valence-corrected chi connectivity index (χ3v) is 2.02. The molecule has 1 aromatic heterocycles. The molecule has 4 heteroatoms. The van der Waals surface area contributed by atoms with Crippen LogP contribution in [0.1, 0.15) is 0 Å². The van der Waals surface area contributed by atoms with Crippen LogP contribution in [0.25, 0.3) is 0 Å². The molecule has 72 valence electrons. The second-order valence-corrected chi connectivity index (χ2v) is 3.32. The molecular formula is C10H9ClN2O. The molecule has 0 saturated carbocycles. The summed E-state index contributed by atoms with van der Waals surface area (Å²) in [5.41, 5.74) is 0. The Labute approximate surface area is 86.9 Å². The van der Waals surface area contributed by atoms with Crippen LogP contribution >= 0.6 is 11.6 Å². The number of rotatable bonds is 2. The minimum atomic E-state index is 0.548. The molecule has 0 fully saturated rings. The van der Waals surface area contributed by atoms with E-state index in [1.165, 1.54) is 0 Å². The van der Waals surface area contributed by atoms with Crippen molar-refractivity contribution in [3.8, 4) is 11.8 Å². The molecule has 0 atom stereocenters. The molecule has 0 saturated heterocycles. The van der Waals surface area contributed by atoms with E-state index in [0.29, 0.717) is 16.8 Å². The van der Waals surface area contributed by atoms with E-state index in [2.05, 4.69) is 4.98 Å². The van der Waals surface area contributed by atoms with E-state index < -0.39 is 0 Å². The summed E-state index contributed by atoms with van der Waals surface area (Å²) in [4.78, 5) is 4.04. The molecule has 0 spiro atoms. The summed E-state index contributed by atoms with van der Waals surface area (Å²) in [6.45, 7) is 0. The molecule has 0 unspecified atom stereocenters. The van der Waals surface area contributed by atoms with E-state index in [4.69, 9.17) is 16.3 Å². The van der Waals surface area contributed by atoms with Crippen molar-refractivity contribution in [1.82, 2.24) is 9.55 Å². The number of nitrogens with zero attached hydrogens (tertiary/aromatic N) is 2. The van der Waals surface area contributed by atoms with E-state index in [1.54, 1.807) is 22.9 Å². The highest BCUT2D eigenvalue weighted by Gasteiger charge is 2.01. The fourth-order valence-electron chi connectivity index (χ4n) is 1.09. The Morgan fingerprint density at radius 1 is 1.43 bits per heavy atom. The minimum absolute atomic E-state index is 0.548. The Morgan fingerprint density at radius 2 is 2.29 bits per heavy atom. The first kappa shape index (κ1) is 9.09. The number of hydrogen-bond donors (Lipinski definition) is 0. The molecule has 1 heterocycles. The SMILES string of the molecule is Cn1ccnc1Oc1cccc(Cl)c1. The summed E-state index contributed by atoms with van der Waals surface area (Å²) in [6, 6.07) is 7.76. The van der Waals surface area contributed by atoms with Gasteiger partial charge >= 0.3 is 6.01 Å². The quantitative estimate of drug-likeness (QED) is 0.759. The Kier molecular flexibility index (Phi) is 2.41. The van der Waals surface area contributed by atoms with Gasteiger partial charge in [0.1, 0.15) is 5.75 Å². The van der Waals surface area contributed by atoms with Gasteiger partial charge in [0, 0.05) is 24.5 Å². The molecule has 1 aromatic carbocycles. The van der Waals surface area contributed by atoms with Gasteiger partial charge in [-0.2, -0.15) is 0 Å². The third-order valence-electron chi connectivity index (χ3n) is 1.78. The average molecular weight is 209 g/mol. The normalized spacial score (nSPS) is 10.1. The standard InChI is InChI=1S/C10H9ClN2O/c1-13-6-5-12-10(13)14-9-4-2-3-8(11)7-9/h2-7H,1H3. The summed E-state index contributed by atoms with van der Waals surface area (Å²) < 4.78 is 7.29. The molecule has 0 N–H and O–H groups in total. The lowest BCUT2D eigenvalue weighted by Gasteiger charge is -2.04. The molecule has 3 nitrogen and oxygen atoms in total. The number of benzene rings is 1. The van der Waals surface area contributed by atoms with Crippen molar-refractivity contribution in [2.75, 3.05) is 0 Å². The molecule has 2 aromatic rings. The summed E-state index contributed by atoms with van der Waals surface area (Å²) in [6.07, 6.45) is 3.50. The van der Waals surface area contributed by atoms with Crippen LogP contribution in [0.3, 0.4) is 0 Å². The van der Waals surface area contributed by atoms with Gasteiger partial charge in [0.05, 0.1) is 0 Å². The van der Waals surface area contributed by atoms with Gasteiger partial charge in [0.25, 0.3) is 0 Å². The fourth-order valence-corrected chi connectivity index (χ4v) is 1.27. The van der Waals surface area contributed by atoms with Gasteiger partial charge in [-0.15, -0.1) is 0 Å². The molecule has 0 aliphatic rings. The molecule has 2 rings (SSSR count). The van der Waals surface area contributed by atoms with Crippen LogP contribution in [-0.4, -0.2) is 9.55 Å². The average Bonchev–Trinajstić information content (AvgIpc) is 2.52. The maximum absolute atomic E-state index is 5.82. The van der Waals surface area contributed by atoms with Crippen LogP contribution in [0.4, 0.5) is 0 Å².